The summed E-state index contributed by atoms with van der Waals surface area (Å²) in [6.45, 7) is -0.128. The molecule has 2 aromatic rings. The standard InChI is InChI=1S/C13H13ClN4O3S/c14-12-4-2-1-3-10(12)5-6-22(20,21)17-11-7-16-18(8-11)9-13(15)19/h1-8,17H,9H2,(H2,15,19)/b6-5+. The first-order chi connectivity index (χ1) is 10.4. The first kappa shape index (κ1) is 16.1. The molecule has 2 rings (SSSR count). The predicted octanol–water partition coefficient (Wildman–Crippen LogP) is 1.43. The Bertz CT molecular complexity index is 814. The van der Waals surface area contributed by atoms with Crippen molar-refractivity contribution in [2.75, 3.05) is 4.72 Å². The van der Waals surface area contributed by atoms with Crippen LogP contribution in [0.3, 0.4) is 0 Å². The molecule has 1 heterocycles. The Morgan fingerprint density at radius 1 is 1.41 bits per heavy atom. The summed E-state index contributed by atoms with van der Waals surface area (Å²) in [7, 11) is -3.72. The van der Waals surface area contributed by atoms with E-state index in [1.165, 1.54) is 23.2 Å². The number of amides is 1. The minimum atomic E-state index is -3.72. The van der Waals surface area contributed by atoms with Gasteiger partial charge in [-0.3, -0.25) is 14.2 Å². The van der Waals surface area contributed by atoms with Gasteiger partial charge < -0.3 is 5.73 Å². The number of sulfonamides is 1. The number of nitrogens with one attached hydrogen (secondary N) is 1. The van der Waals surface area contributed by atoms with Gasteiger partial charge in [0.25, 0.3) is 10.0 Å². The molecular weight excluding hydrogens is 328 g/mol. The SMILES string of the molecule is NC(=O)Cn1cc(NS(=O)(=O)/C=C/c2ccccc2Cl)cn1. The number of primary amides is 1. The van der Waals surface area contributed by atoms with Gasteiger partial charge in [0.2, 0.25) is 5.91 Å². The molecule has 1 aromatic carbocycles. The zero-order valence-electron chi connectivity index (χ0n) is 11.3. The number of hydrogen-bond donors (Lipinski definition) is 2. The molecule has 0 fully saturated rings. The maximum absolute atomic E-state index is 11.9. The van der Waals surface area contributed by atoms with Gasteiger partial charge in [-0.1, -0.05) is 29.8 Å². The molecule has 7 nitrogen and oxygen atoms in total. The molecule has 9 heteroatoms. The highest BCUT2D eigenvalue weighted by Gasteiger charge is 2.09. The molecule has 0 spiro atoms. The summed E-state index contributed by atoms with van der Waals surface area (Å²) in [6.07, 6.45) is 4.04. The van der Waals surface area contributed by atoms with Gasteiger partial charge in [0.1, 0.15) is 6.54 Å². The first-order valence-corrected chi connectivity index (χ1v) is 8.04. The Kier molecular flexibility index (Phi) is 4.84. The molecule has 0 bridgehead atoms. The molecule has 1 aromatic heterocycles. The van der Waals surface area contributed by atoms with E-state index in [0.717, 1.165) is 5.41 Å². The van der Waals surface area contributed by atoms with E-state index >= 15 is 0 Å². The van der Waals surface area contributed by atoms with Crippen LogP contribution in [0, 0.1) is 0 Å². The lowest BCUT2D eigenvalue weighted by molar-refractivity contribution is -0.118. The van der Waals surface area contributed by atoms with Gasteiger partial charge in [0.15, 0.2) is 0 Å². The lowest BCUT2D eigenvalue weighted by Gasteiger charge is -2.01. The minimum absolute atomic E-state index is 0.128. The van der Waals surface area contributed by atoms with Crippen LogP contribution < -0.4 is 10.5 Å². The van der Waals surface area contributed by atoms with Crippen LogP contribution in [0.1, 0.15) is 5.56 Å². The molecular formula is C13H13ClN4O3S. The van der Waals surface area contributed by atoms with Crippen molar-refractivity contribution in [2.45, 2.75) is 6.54 Å². The molecule has 116 valence electrons. The highest BCUT2D eigenvalue weighted by molar-refractivity contribution is 7.95. The quantitative estimate of drug-likeness (QED) is 0.829. The van der Waals surface area contributed by atoms with Crippen molar-refractivity contribution in [3.05, 3.63) is 52.7 Å². The molecule has 0 saturated carbocycles. The number of carbonyl (C=O) groups is 1. The number of halogens is 1. The van der Waals surface area contributed by atoms with Crippen molar-refractivity contribution in [2.24, 2.45) is 5.73 Å². The Morgan fingerprint density at radius 2 is 2.14 bits per heavy atom. The summed E-state index contributed by atoms with van der Waals surface area (Å²) in [5, 5.41) is 5.26. The fourth-order valence-corrected chi connectivity index (χ4v) is 2.66. The zero-order chi connectivity index (χ0) is 16.2. The fraction of sp³-hybridized carbons (Fsp3) is 0.0769. The number of anilines is 1. The van der Waals surface area contributed by atoms with Crippen LogP contribution >= 0.6 is 11.6 Å². The maximum atomic E-state index is 11.9. The molecule has 22 heavy (non-hydrogen) atoms. The summed E-state index contributed by atoms with van der Waals surface area (Å²) in [4.78, 5) is 10.8. The number of carbonyl (C=O) groups excluding carboxylic acids is 1. The van der Waals surface area contributed by atoms with E-state index in [2.05, 4.69) is 9.82 Å². The molecule has 1 amide bonds. The van der Waals surface area contributed by atoms with Crippen molar-refractivity contribution in [1.29, 1.82) is 0 Å². The normalized spacial score (nSPS) is 11.7. The van der Waals surface area contributed by atoms with Gasteiger partial charge in [-0.2, -0.15) is 5.10 Å². The van der Waals surface area contributed by atoms with Crippen molar-refractivity contribution in [1.82, 2.24) is 9.78 Å². The highest BCUT2D eigenvalue weighted by Crippen LogP contribution is 2.17. The number of rotatable bonds is 6. The van der Waals surface area contributed by atoms with Crippen molar-refractivity contribution in [3.63, 3.8) is 0 Å². The van der Waals surface area contributed by atoms with E-state index < -0.39 is 15.9 Å². The third-order valence-electron chi connectivity index (χ3n) is 2.54. The first-order valence-electron chi connectivity index (χ1n) is 6.12. The predicted molar refractivity (Wildman–Crippen MR) is 84.4 cm³/mol. The fourth-order valence-electron chi connectivity index (χ4n) is 1.63. The Labute approximate surface area is 132 Å². The molecule has 3 N–H and O–H groups in total. The summed E-state index contributed by atoms with van der Waals surface area (Å²) in [5.74, 6) is -0.573. The molecule has 0 atom stereocenters. The van der Waals surface area contributed by atoms with E-state index in [4.69, 9.17) is 17.3 Å². The Morgan fingerprint density at radius 3 is 2.82 bits per heavy atom. The average Bonchev–Trinajstić information content (AvgIpc) is 2.83. The zero-order valence-corrected chi connectivity index (χ0v) is 12.9. The van der Waals surface area contributed by atoms with Crippen molar-refractivity contribution >= 4 is 39.3 Å². The second kappa shape index (κ2) is 6.63. The van der Waals surface area contributed by atoms with Crippen LogP contribution in [-0.2, 0) is 21.4 Å². The Hall–Kier alpha value is -2.32. The molecule has 0 aliphatic heterocycles. The second-order valence-corrected chi connectivity index (χ2v) is 6.34. The highest BCUT2D eigenvalue weighted by atomic mass is 35.5. The van der Waals surface area contributed by atoms with Gasteiger partial charge in [0, 0.05) is 11.2 Å². The van der Waals surface area contributed by atoms with E-state index in [9.17, 15) is 13.2 Å². The smallest absolute Gasteiger partial charge is 0.255 e. The molecule has 0 radical (unpaired) electrons. The minimum Gasteiger partial charge on any atom is -0.368 e. The third kappa shape index (κ3) is 4.61. The van der Waals surface area contributed by atoms with Crippen LogP contribution in [0.5, 0.6) is 0 Å². The summed E-state index contributed by atoms with van der Waals surface area (Å²) in [5.41, 5.74) is 5.83. The number of benzene rings is 1. The van der Waals surface area contributed by atoms with E-state index in [-0.39, 0.29) is 12.2 Å². The molecule has 0 aliphatic carbocycles. The summed E-state index contributed by atoms with van der Waals surface area (Å²) < 4.78 is 27.4. The molecule has 0 unspecified atom stereocenters. The van der Waals surface area contributed by atoms with Crippen LogP contribution in [0.2, 0.25) is 5.02 Å². The van der Waals surface area contributed by atoms with E-state index in [1.807, 2.05) is 0 Å². The van der Waals surface area contributed by atoms with Gasteiger partial charge in [-0.05, 0) is 17.7 Å². The number of nitrogens with two attached hydrogens (primary N) is 1. The number of hydrogen-bond acceptors (Lipinski definition) is 4. The molecule has 0 aliphatic rings. The van der Waals surface area contributed by atoms with Crippen LogP contribution in [0.25, 0.3) is 6.08 Å². The van der Waals surface area contributed by atoms with E-state index in [1.54, 1.807) is 24.3 Å². The van der Waals surface area contributed by atoms with Gasteiger partial charge >= 0.3 is 0 Å². The monoisotopic (exact) mass is 340 g/mol. The maximum Gasteiger partial charge on any atom is 0.255 e. The Balaban J connectivity index is 2.09. The lowest BCUT2D eigenvalue weighted by Crippen LogP contribution is -2.18. The summed E-state index contributed by atoms with van der Waals surface area (Å²) in [6, 6.07) is 6.85. The average molecular weight is 341 g/mol. The second-order valence-electron chi connectivity index (χ2n) is 4.36. The van der Waals surface area contributed by atoms with Gasteiger partial charge in [-0.25, -0.2) is 8.42 Å². The van der Waals surface area contributed by atoms with Crippen molar-refractivity contribution in [3.8, 4) is 0 Å². The lowest BCUT2D eigenvalue weighted by atomic mass is 10.2. The number of nitrogens with zero attached hydrogens (tertiary/aromatic N) is 2. The van der Waals surface area contributed by atoms with Gasteiger partial charge in [0.05, 0.1) is 17.3 Å². The van der Waals surface area contributed by atoms with Crippen LogP contribution in [-0.4, -0.2) is 24.1 Å². The van der Waals surface area contributed by atoms with Crippen LogP contribution in [0.4, 0.5) is 5.69 Å². The third-order valence-corrected chi connectivity index (χ3v) is 3.90. The largest absolute Gasteiger partial charge is 0.368 e. The topological polar surface area (TPSA) is 107 Å². The van der Waals surface area contributed by atoms with Gasteiger partial charge in [-0.15, -0.1) is 0 Å². The van der Waals surface area contributed by atoms with E-state index in [0.29, 0.717) is 10.6 Å². The van der Waals surface area contributed by atoms with Crippen molar-refractivity contribution < 1.29 is 13.2 Å². The molecule has 0 saturated heterocycles. The van der Waals surface area contributed by atoms with Crippen LogP contribution in [0.15, 0.2) is 42.1 Å². The number of aromatic nitrogens is 2. The summed E-state index contributed by atoms with van der Waals surface area (Å²) >= 11 is 5.94.